The van der Waals surface area contributed by atoms with E-state index >= 15 is 0 Å². The Morgan fingerprint density at radius 2 is 2.23 bits per heavy atom. The molecule has 1 unspecified atom stereocenters. The SMILES string of the molecule is CCc1onc(C)c1CN1CCC(Oc2ccc(C)cn2)C1. The number of ether oxygens (including phenoxy) is 1. The van der Waals surface area contributed by atoms with Gasteiger partial charge in [0.15, 0.2) is 0 Å². The smallest absolute Gasteiger partial charge is 0.213 e. The lowest BCUT2D eigenvalue weighted by Gasteiger charge is -2.16. The first kappa shape index (κ1) is 15.0. The van der Waals surface area contributed by atoms with Gasteiger partial charge in [-0.3, -0.25) is 4.90 Å². The van der Waals surface area contributed by atoms with Crippen LogP contribution in [0, 0.1) is 13.8 Å². The molecule has 1 atom stereocenters. The molecule has 0 spiro atoms. The highest BCUT2D eigenvalue weighted by Crippen LogP contribution is 2.22. The van der Waals surface area contributed by atoms with E-state index in [1.54, 1.807) is 0 Å². The van der Waals surface area contributed by atoms with Gasteiger partial charge >= 0.3 is 0 Å². The average Bonchev–Trinajstić information content (AvgIpc) is 3.10. The van der Waals surface area contributed by atoms with E-state index in [-0.39, 0.29) is 6.10 Å². The van der Waals surface area contributed by atoms with Crippen molar-refractivity contribution in [3.8, 4) is 5.88 Å². The molecule has 2 aromatic heterocycles. The van der Waals surface area contributed by atoms with Crippen molar-refractivity contribution in [2.45, 2.75) is 46.3 Å². The maximum Gasteiger partial charge on any atom is 0.213 e. The van der Waals surface area contributed by atoms with Gasteiger partial charge in [0.1, 0.15) is 11.9 Å². The van der Waals surface area contributed by atoms with Crippen LogP contribution in [0.1, 0.15) is 35.9 Å². The van der Waals surface area contributed by atoms with Gasteiger partial charge in [0.25, 0.3) is 0 Å². The Balaban J connectivity index is 1.58. The predicted octanol–water partition coefficient (Wildman–Crippen LogP) is 2.90. The first-order valence-electron chi connectivity index (χ1n) is 7.91. The van der Waals surface area contributed by atoms with Crippen LogP contribution in [0.5, 0.6) is 5.88 Å². The van der Waals surface area contributed by atoms with Crippen LogP contribution in [0.25, 0.3) is 0 Å². The van der Waals surface area contributed by atoms with Crippen LogP contribution in [0.4, 0.5) is 0 Å². The third-order valence-corrected chi connectivity index (χ3v) is 4.17. The summed E-state index contributed by atoms with van der Waals surface area (Å²) < 4.78 is 11.3. The Labute approximate surface area is 131 Å². The normalized spacial score (nSPS) is 18.8. The molecule has 1 fully saturated rings. The molecule has 2 aromatic rings. The van der Waals surface area contributed by atoms with E-state index in [2.05, 4.69) is 22.0 Å². The molecule has 1 aliphatic rings. The van der Waals surface area contributed by atoms with E-state index in [0.29, 0.717) is 5.88 Å². The standard InChI is InChI=1S/C17H23N3O2/c1-4-16-15(13(3)19-22-16)11-20-8-7-14(10-20)21-17-6-5-12(2)9-18-17/h5-6,9,14H,4,7-8,10-11H2,1-3H3. The number of hydrogen-bond donors (Lipinski definition) is 0. The Kier molecular flexibility index (Phi) is 4.43. The van der Waals surface area contributed by atoms with Crippen LogP contribution in [-0.2, 0) is 13.0 Å². The molecule has 22 heavy (non-hydrogen) atoms. The van der Waals surface area contributed by atoms with E-state index in [9.17, 15) is 0 Å². The quantitative estimate of drug-likeness (QED) is 0.850. The number of nitrogens with zero attached hydrogens (tertiary/aromatic N) is 3. The second-order valence-electron chi connectivity index (χ2n) is 5.96. The third-order valence-electron chi connectivity index (χ3n) is 4.17. The highest BCUT2D eigenvalue weighted by atomic mass is 16.5. The van der Waals surface area contributed by atoms with E-state index in [0.717, 1.165) is 49.5 Å². The zero-order valence-corrected chi connectivity index (χ0v) is 13.5. The fourth-order valence-electron chi connectivity index (χ4n) is 2.87. The average molecular weight is 301 g/mol. The van der Waals surface area contributed by atoms with Crippen molar-refractivity contribution in [1.29, 1.82) is 0 Å². The van der Waals surface area contributed by atoms with E-state index < -0.39 is 0 Å². The molecule has 0 bridgehead atoms. The molecule has 5 heteroatoms. The van der Waals surface area contributed by atoms with Crippen molar-refractivity contribution in [3.63, 3.8) is 0 Å². The van der Waals surface area contributed by atoms with E-state index in [4.69, 9.17) is 9.26 Å². The van der Waals surface area contributed by atoms with Crippen LogP contribution < -0.4 is 4.74 Å². The van der Waals surface area contributed by atoms with Crippen molar-refractivity contribution in [3.05, 3.63) is 40.9 Å². The molecule has 1 saturated heterocycles. The molecule has 0 amide bonds. The van der Waals surface area contributed by atoms with Gasteiger partial charge < -0.3 is 9.26 Å². The molecule has 5 nitrogen and oxygen atoms in total. The van der Waals surface area contributed by atoms with E-state index in [1.807, 2.05) is 32.2 Å². The maximum absolute atomic E-state index is 5.97. The summed E-state index contributed by atoms with van der Waals surface area (Å²) in [7, 11) is 0. The maximum atomic E-state index is 5.97. The van der Waals surface area contributed by atoms with Crippen molar-refractivity contribution in [2.24, 2.45) is 0 Å². The molecular weight excluding hydrogens is 278 g/mol. The molecule has 0 aliphatic carbocycles. The fraction of sp³-hybridized carbons (Fsp3) is 0.529. The Morgan fingerprint density at radius 1 is 1.36 bits per heavy atom. The molecule has 0 saturated carbocycles. The summed E-state index contributed by atoms with van der Waals surface area (Å²) in [6.07, 6.45) is 3.97. The number of aryl methyl sites for hydroxylation is 3. The van der Waals surface area contributed by atoms with Crippen molar-refractivity contribution < 1.29 is 9.26 Å². The summed E-state index contributed by atoms with van der Waals surface area (Å²) in [6.45, 7) is 8.98. The minimum Gasteiger partial charge on any atom is -0.473 e. The first-order chi connectivity index (χ1) is 10.7. The van der Waals surface area contributed by atoms with Crippen molar-refractivity contribution >= 4 is 0 Å². The zero-order valence-electron chi connectivity index (χ0n) is 13.5. The molecule has 1 aliphatic heterocycles. The van der Waals surface area contributed by atoms with E-state index in [1.165, 1.54) is 5.56 Å². The molecule has 118 valence electrons. The number of likely N-dealkylation sites (tertiary alicyclic amines) is 1. The predicted molar refractivity (Wildman–Crippen MR) is 83.9 cm³/mol. The van der Waals surface area contributed by atoms with Gasteiger partial charge in [-0.1, -0.05) is 18.1 Å². The molecule has 0 radical (unpaired) electrons. The van der Waals surface area contributed by atoms with Gasteiger partial charge in [0.05, 0.1) is 5.69 Å². The summed E-state index contributed by atoms with van der Waals surface area (Å²) in [6, 6.07) is 3.97. The molecule has 0 aromatic carbocycles. The van der Waals surface area contributed by atoms with Gasteiger partial charge in [-0.05, 0) is 25.8 Å². The van der Waals surface area contributed by atoms with Gasteiger partial charge in [0.2, 0.25) is 5.88 Å². The van der Waals surface area contributed by atoms with Gasteiger partial charge in [0, 0.05) is 43.9 Å². The zero-order chi connectivity index (χ0) is 15.5. The van der Waals surface area contributed by atoms with Crippen LogP contribution in [0.15, 0.2) is 22.9 Å². The van der Waals surface area contributed by atoms with Gasteiger partial charge in [-0.2, -0.15) is 0 Å². The number of aromatic nitrogens is 2. The summed E-state index contributed by atoms with van der Waals surface area (Å²) in [5.41, 5.74) is 3.38. The summed E-state index contributed by atoms with van der Waals surface area (Å²) in [4.78, 5) is 6.72. The summed E-state index contributed by atoms with van der Waals surface area (Å²) in [5.74, 6) is 1.72. The molecule has 3 heterocycles. The lowest BCUT2D eigenvalue weighted by molar-refractivity contribution is 0.191. The summed E-state index contributed by atoms with van der Waals surface area (Å²) >= 11 is 0. The largest absolute Gasteiger partial charge is 0.473 e. The van der Waals surface area contributed by atoms with Gasteiger partial charge in [-0.15, -0.1) is 0 Å². The summed E-state index contributed by atoms with van der Waals surface area (Å²) in [5, 5.41) is 4.08. The Bertz CT molecular complexity index is 621. The topological polar surface area (TPSA) is 51.4 Å². The highest BCUT2D eigenvalue weighted by molar-refractivity contribution is 5.22. The minimum absolute atomic E-state index is 0.209. The first-order valence-corrected chi connectivity index (χ1v) is 7.91. The third kappa shape index (κ3) is 3.30. The number of rotatable bonds is 5. The Morgan fingerprint density at radius 3 is 2.95 bits per heavy atom. The molecule has 0 N–H and O–H groups in total. The monoisotopic (exact) mass is 301 g/mol. The minimum atomic E-state index is 0.209. The second kappa shape index (κ2) is 6.48. The fourth-order valence-corrected chi connectivity index (χ4v) is 2.87. The highest BCUT2D eigenvalue weighted by Gasteiger charge is 2.26. The van der Waals surface area contributed by atoms with Gasteiger partial charge in [-0.25, -0.2) is 4.98 Å². The van der Waals surface area contributed by atoms with Crippen molar-refractivity contribution in [1.82, 2.24) is 15.0 Å². The molecular formula is C17H23N3O2. The number of hydrogen-bond acceptors (Lipinski definition) is 5. The van der Waals surface area contributed by atoms with Crippen LogP contribution in [0.2, 0.25) is 0 Å². The molecule has 3 rings (SSSR count). The van der Waals surface area contributed by atoms with Crippen LogP contribution in [0.3, 0.4) is 0 Å². The van der Waals surface area contributed by atoms with Crippen molar-refractivity contribution in [2.75, 3.05) is 13.1 Å². The van der Waals surface area contributed by atoms with Crippen LogP contribution >= 0.6 is 0 Å². The Hall–Kier alpha value is -1.88. The lowest BCUT2D eigenvalue weighted by Crippen LogP contribution is -2.25. The lowest BCUT2D eigenvalue weighted by atomic mass is 10.1. The number of pyridine rings is 1. The second-order valence-corrected chi connectivity index (χ2v) is 5.96. The van der Waals surface area contributed by atoms with Crippen LogP contribution in [-0.4, -0.2) is 34.2 Å².